The molecule has 0 heterocycles. The fraction of sp³-hybridized carbons (Fsp3) is 0.767. The molecule has 0 radical (unpaired) electrons. The van der Waals surface area contributed by atoms with Crippen molar-refractivity contribution in [2.45, 2.75) is 90.9 Å². The minimum Gasteiger partial charge on any atom is -0.493 e. The zero-order valence-corrected chi connectivity index (χ0v) is 25.6. The van der Waals surface area contributed by atoms with E-state index in [1.807, 2.05) is 32.0 Å². The second kappa shape index (κ2) is 17.3. The number of aliphatic hydroxyl groups excluding tert-OH is 2. The largest absolute Gasteiger partial charge is 0.493 e. The van der Waals surface area contributed by atoms with Gasteiger partial charge in [0.1, 0.15) is 0 Å². The lowest BCUT2D eigenvalue weighted by atomic mass is 9.69. The minimum atomic E-state index is -0.858. The zero-order valence-electron chi connectivity index (χ0n) is 24.8. The van der Waals surface area contributed by atoms with Crippen LogP contribution in [-0.4, -0.2) is 68.3 Å². The number of hydrogen-bond acceptors (Lipinski definition) is 7. The Kier molecular flexibility index (Phi) is 15.7. The first-order chi connectivity index (χ1) is 18.0. The molecule has 1 aliphatic carbocycles. The van der Waals surface area contributed by atoms with Crippen molar-refractivity contribution in [1.29, 1.82) is 0 Å². The van der Waals surface area contributed by atoms with Crippen LogP contribution in [0.1, 0.15) is 71.8 Å². The monoisotopic (exact) mass is 572 g/mol. The van der Waals surface area contributed by atoms with Gasteiger partial charge in [0.05, 0.1) is 25.9 Å². The van der Waals surface area contributed by atoms with Crippen molar-refractivity contribution in [2.75, 3.05) is 34.0 Å². The highest BCUT2D eigenvalue weighted by molar-refractivity contribution is 5.85. The average molecular weight is 573 g/mol. The van der Waals surface area contributed by atoms with Crippen LogP contribution >= 0.6 is 12.4 Å². The molecule has 0 bridgehead atoms. The molecule has 0 aliphatic heterocycles. The molecule has 1 aromatic carbocycles. The number of rotatable bonds is 16. The fourth-order valence-electron chi connectivity index (χ4n) is 5.44. The normalized spacial score (nSPS) is 20.1. The summed E-state index contributed by atoms with van der Waals surface area (Å²) in [5.41, 5.74) is 6.85. The van der Waals surface area contributed by atoms with Gasteiger partial charge in [-0.2, -0.15) is 0 Å². The highest BCUT2D eigenvalue weighted by Gasteiger charge is 2.41. The number of halogens is 1. The first kappa shape index (κ1) is 35.4. The molecule has 5 N–H and O–H groups in total. The van der Waals surface area contributed by atoms with Gasteiger partial charge in [0.2, 0.25) is 5.91 Å². The van der Waals surface area contributed by atoms with Crippen LogP contribution in [0.5, 0.6) is 11.5 Å². The smallest absolute Gasteiger partial charge is 0.226 e. The van der Waals surface area contributed by atoms with Crippen LogP contribution in [0.3, 0.4) is 0 Å². The highest BCUT2D eigenvalue weighted by atomic mass is 35.5. The van der Waals surface area contributed by atoms with Crippen LogP contribution in [0.25, 0.3) is 0 Å². The molecule has 1 aromatic rings. The van der Waals surface area contributed by atoms with E-state index in [2.05, 4.69) is 19.2 Å². The van der Waals surface area contributed by atoms with Crippen LogP contribution in [0.2, 0.25) is 0 Å². The number of amides is 1. The standard InChI is InChI=1S/C30H52N2O6.ClH/c1-20(2)22(16-21-12-13-27(37-6)28(17-21)38-15-9-14-36-5)18-24(31)26(34)19-32-29(35)30(3,4)23-10-7-8-11-25(23)33;/h12-13,17,20,22-26,33-34H,7-11,14-16,18-19,31H2,1-6H3,(H,32,35);1H/t22-,23+,24-,25+,26-;/m0./s1. The van der Waals surface area contributed by atoms with Crippen molar-refractivity contribution in [3.8, 4) is 11.5 Å². The van der Waals surface area contributed by atoms with E-state index in [0.29, 0.717) is 37.1 Å². The van der Waals surface area contributed by atoms with E-state index in [9.17, 15) is 15.0 Å². The predicted octanol–water partition coefficient (Wildman–Crippen LogP) is 4.12. The van der Waals surface area contributed by atoms with Crippen molar-refractivity contribution >= 4 is 18.3 Å². The van der Waals surface area contributed by atoms with E-state index in [1.165, 1.54) is 0 Å². The third-order valence-electron chi connectivity index (χ3n) is 8.20. The van der Waals surface area contributed by atoms with Gasteiger partial charge in [0.15, 0.2) is 11.5 Å². The number of aliphatic hydroxyl groups is 2. The third-order valence-corrected chi connectivity index (χ3v) is 8.20. The van der Waals surface area contributed by atoms with Crippen molar-refractivity contribution in [1.82, 2.24) is 5.32 Å². The van der Waals surface area contributed by atoms with Gasteiger partial charge >= 0.3 is 0 Å². The van der Waals surface area contributed by atoms with E-state index in [-0.39, 0.29) is 36.7 Å². The van der Waals surface area contributed by atoms with E-state index < -0.39 is 23.7 Å². The number of nitrogens with two attached hydrogens (primary N) is 1. The molecular formula is C30H53ClN2O6. The van der Waals surface area contributed by atoms with Gasteiger partial charge < -0.3 is 35.5 Å². The summed E-state index contributed by atoms with van der Waals surface area (Å²) in [6.45, 7) is 9.36. The number of ether oxygens (including phenoxy) is 3. The molecule has 1 fully saturated rings. The summed E-state index contributed by atoms with van der Waals surface area (Å²) in [7, 11) is 3.30. The number of benzene rings is 1. The average Bonchev–Trinajstić information content (AvgIpc) is 2.89. The first-order valence-corrected chi connectivity index (χ1v) is 14.2. The summed E-state index contributed by atoms with van der Waals surface area (Å²) in [6, 6.07) is 5.51. The van der Waals surface area contributed by atoms with Crippen LogP contribution in [-0.2, 0) is 16.0 Å². The Labute approximate surface area is 241 Å². The molecule has 226 valence electrons. The maximum atomic E-state index is 13.0. The molecule has 0 aromatic heterocycles. The summed E-state index contributed by atoms with van der Waals surface area (Å²) in [6.07, 6.45) is 4.48. The molecule has 0 unspecified atom stereocenters. The van der Waals surface area contributed by atoms with Crippen LogP contribution in [0.15, 0.2) is 18.2 Å². The van der Waals surface area contributed by atoms with Crippen molar-refractivity contribution in [3.63, 3.8) is 0 Å². The zero-order chi connectivity index (χ0) is 28.3. The Morgan fingerprint density at radius 3 is 2.46 bits per heavy atom. The quantitative estimate of drug-likeness (QED) is 0.220. The van der Waals surface area contributed by atoms with Gasteiger partial charge in [0.25, 0.3) is 0 Å². The molecule has 9 heteroatoms. The van der Waals surface area contributed by atoms with Gasteiger partial charge in [-0.25, -0.2) is 0 Å². The second-order valence-electron chi connectivity index (χ2n) is 11.7. The van der Waals surface area contributed by atoms with Gasteiger partial charge in [-0.3, -0.25) is 4.79 Å². The molecule has 1 saturated carbocycles. The van der Waals surface area contributed by atoms with Gasteiger partial charge in [-0.15, -0.1) is 12.4 Å². The number of carbonyl (C=O) groups is 1. The molecule has 0 saturated heterocycles. The third kappa shape index (κ3) is 10.7. The van der Waals surface area contributed by atoms with E-state index in [1.54, 1.807) is 14.2 Å². The molecule has 2 rings (SSSR count). The molecule has 5 atom stereocenters. The first-order valence-electron chi connectivity index (χ1n) is 14.2. The Hall–Kier alpha value is -1.58. The van der Waals surface area contributed by atoms with Crippen LogP contribution in [0.4, 0.5) is 0 Å². The molecule has 39 heavy (non-hydrogen) atoms. The summed E-state index contributed by atoms with van der Waals surface area (Å²) < 4.78 is 16.5. The van der Waals surface area contributed by atoms with Crippen LogP contribution < -0.4 is 20.5 Å². The van der Waals surface area contributed by atoms with Gasteiger partial charge in [-0.1, -0.05) is 46.6 Å². The van der Waals surface area contributed by atoms with Crippen molar-refractivity contribution < 1.29 is 29.2 Å². The SMILES string of the molecule is COCCCOc1cc(C[C@@H](C[C@H](N)[C@@H](O)CNC(=O)C(C)(C)[C@@H]2CCCC[C@H]2O)C(C)C)ccc1OC.Cl. The molecule has 8 nitrogen and oxygen atoms in total. The second-order valence-corrected chi connectivity index (χ2v) is 11.7. The summed E-state index contributed by atoms with van der Waals surface area (Å²) >= 11 is 0. The van der Waals surface area contributed by atoms with E-state index in [0.717, 1.165) is 44.1 Å². The number of nitrogens with one attached hydrogen (secondary N) is 1. The van der Waals surface area contributed by atoms with Gasteiger partial charge in [0, 0.05) is 38.1 Å². The van der Waals surface area contributed by atoms with E-state index >= 15 is 0 Å². The predicted molar refractivity (Wildman–Crippen MR) is 158 cm³/mol. The van der Waals surface area contributed by atoms with Gasteiger partial charge in [-0.05, 0) is 61.1 Å². The molecular weight excluding hydrogens is 520 g/mol. The number of methoxy groups -OCH3 is 2. The maximum absolute atomic E-state index is 13.0. The Morgan fingerprint density at radius 2 is 1.85 bits per heavy atom. The Morgan fingerprint density at radius 1 is 1.15 bits per heavy atom. The Bertz CT molecular complexity index is 853. The van der Waals surface area contributed by atoms with Crippen molar-refractivity contribution in [2.24, 2.45) is 28.9 Å². The summed E-state index contributed by atoms with van der Waals surface area (Å²) in [5, 5.41) is 24.1. The van der Waals surface area contributed by atoms with E-state index in [4.69, 9.17) is 19.9 Å². The minimum absolute atomic E-state index is 0. The lowest BCUT2D eigenvalue weighted by Crippen LogP contribution is -2.51. The molecule has 1 aliphatic rings. The number of hydrogen-bond donors (Lipinski definition) is 4. The highest BCUT2D eigenvalue weighted by Crippen LogP contribution is 2.38. The lowest BCUT2D eigenvalue weighted by molar-refractivity contribution is -0.137. The number of carbonyl (C=O) groups excluding carboxylic acids is 1. The maximum Gasteiger partial charge on any atom is 0.226 e. The van der Waals surface area contributed by atoms with Crippen LogP contribution in [0, 0.1) is 23.2 Å². The lowest BCUT2D eigenvalue weighted by Gasteiger charge is -2.39. The summed E-state index contributed by atoms with van der Waals surface area (Å²) in [5.74, 6) is 1.76. The fourth-order valence-corrected chi connectivity index (χ4v) is 5.44. The molecule has 1 amide bonds. The topological polar surface area (TPSA) is 123 Å². The Balaban J connectivity index is 0.00000760. The molecule has 0 spiro atoms. The van der Waals surface area contributed by atoms with Crippen molar-refractivity contribution in [3.05, 3.63) is 23.8 Å². The summed E-state index contributed by atoms with van der Waals surface area (Å²) in [4.78, 5) is 13.0.